The van der Waals surface area contributed by atoms with Crippen LogP contribution < -0.4 is 9.64 Å². The molecule has 1 aliphatic heterocycles. The van der Waals surface area contributed by atoms with Gasteiger partial charge in [-0.3, -0.25) is 14.5 Å². The molecule has 1 saturated heterocycles. The first-order valence-corrected chi connectivity index (χ1v) is 12.3. The molecule has 0 aliphatic carbocycles. The average Bonchev–Trinajstić information content (AvgIpc) is 3.13. The first-order chi connectivity index (χ1) is 18.3. The highest BCUT2D eigenvalue weighted by Crippen LogP contribution is 2.44. The van der Waals surface area contributed by atoms with E-state index in [0.29, 0.717) is 12.4 Å². The van der Waals surface area contributed by atoms with E-state index in [4.69, 9.17) is 4.74 Å². The summed E-state index contributed by atoms with van der Waals surface area (Å²) in [6.07, 6.45) is -4.62. The van der Waals surface area contributed by atoms with Crippen LogP contribution in [0.3, 0.4) is 0 Å². The van der Waals surface area contributed by atoms with Gasteiger partial charge in [-0.05, 0) is 60.9 Å². The molecule has 1 heterocycles. The van der Waals surface area contributed by atoms with Gasteiger partial charge in [0.1, 0.15) is 17.3 Å². The SMILES string of the molecule is CCOc1ccc(/C(O)=C2\C(=O)C(=O)N(c3ccc(C(F)(F)F)cc3)C2c2ccccc2F)cc1C(C)(C)C. The van der Waals surface area contributed by atoms with Gasteiger partial charge in [-0.2, -0.15) is 13.2 Å². The van der Waals surface area contributed by atoms with Gasteiger partial charge in [-0.15, -0.1) is 0 Å². The molecule has 1 fully saturated rings. The number of amides is 1. The molecule has 5 nitrogen and oxygen atoms in total. The fourth-order valence-electron chi connectivity index (χ4n) is 4.60. The molecule has 204 valence electrons. The first-order valence-electron chi connectivity index (χ1n) is 12.3. The summed E-state index contributed by atoms with van der Waals surface area (Å²) in [5.74, 6) is -2.91. The van der Waals surface area contributed by atoms with E-state index in [1.807, 2.05) is 27.7 Å². The number of aliphatic hydroxyl groups is 1. The molecule has 0 spiro atoms. The van der Waals surface area contributed by atoms with Crippen molar-refractivity contribution in [2.24, 2.45) is 0 Å². The van der Waals surface area contributed by atoms with Crippen molar-refractivity contribution in [1.29, 1.82) is 0 Å². The normalized spacial score (nSPS) is 17.5. The first kappa shape index (κ1) is 27.9. The fraction of sp³-hybridized carbons (Fsp3) is 0.267. The van der Waals surface area contributed by atoms with E-state index < -0.39 is 46.5 Å². The summed E-state index contributed by atoms with van der Waals surface area (Å²) < 4.78 is 60.2. The van der Waals surface area contributed by atoms with Gasteiger partial charge in [-0.1, -0.05) is 39.0 Å². The van der Waals surface area contributed by atoms with Crippen LogP contribution in [0.2, 0.25) is 0 Å². The minimum Gasteiger partial charge on any atom is -0.507 e. The van der Waals surface area contributed by atoms with Crippen molar-refractivity contribution in [1.82, 2.24) is 0 Å². The van der Waals surface area contributed by atoms with Crippen LogP contribution in [-0.4, -0.2) is 23.4 Å². The van der Waals surface area contributed by atoms with E-state index >= 15 is 4.39 Å². The molecule has 39 heavy (non-hydrogen) atoms. The highest BCUT2D eigenvalue weighted by Gasteiger charge is 2.48. The molecule has 1 unspecified atom stereocenters. The topological polar surface area (TPSA) is 66.8 Å². The average molecular weight is 542 g/mol. The number of carbonyl (C=O) groups excluding carboxylic acids is 2. The van der Waals surface area contributed by atoms with Crippen LogP contribution in [0.1, 0.15) is 56.0 Å². The smallest absolute Gasteiger partial charge is 0.416 e. The Kier molecular flexibility index (Phi) is 7.29. The lowest BCUT2D eigenvalue weighted by Crippen LogP contribution is -2.30. The number of alkyl halides is 3. The molecule has 4 rings (SSSR count). The zero-order valence-corrected chi connectivity index (χ0v) is 21.8. The molecule has 1 aliphatic rings. The van der Waals surface area contributed by atoms with E-state index in [1.54, 1.807) is 12.1 Å². The highest BCUT2D eigenvalue weighted by atomic mass is 19.4. The lowest BCUT2D eigenvalue weighted by atomic mass is 9.84. The van der Waals surface area contributed by atoms with Crippen LogP contribution in [0.5, 0.6) is 5.75 Å². The maximum Gasteiger partial charge on any atom is 0.416 e. The number of hydrogen-bond donors (Lipinski definition) is 1. The minimum absolute atomic E-state index is 0.0560. The van der Waals surface area contributed by atoms with Crippen molar-refractivity contribution in [3.8, 4) is 5.75 Å². The van der Waals surface area contributed by atoms with Gasteiger partial charge >= 0.3 is 6.18 Å². The van der Waals surface area contributed by atoms with Crippen molar-refractivity contribution in [3.05, 3.63) is 100 Å². The molecule has 0 bridgehead atoms. The number of hydrogen-bond acceptors (Lipinski definition) is 4. The number of Topliss-reactive ketones (excluding diaryl/α,β-unsaturated/α-hetero) is 1. The van der Waals surface area contributed by atoms with E-state index in [9.17, 15) is 27.9 Å². The Morgan fingerprint density at radius 1 is 0.974 bits per heavy atom. The summed E-state index contributed by atoms with van der Waals surface area (Å²) in [5, 5.41) is 11.4. The quantitative estimate of drug-likeness (QED) is 0.161. The fourth-order valence-corrected chi connectivity index (χ4v) is 4.60. The Hall–Kier alpha value is -4.14. The molecule has 0 radical (unpaired) electrons. The Morgan fingerprint density at radius 2 is 1.62 bits per heavy atom. The summed E-state index contributed by atoms with van der Waals surface area (Å²) in [4.78, 5) is 27.5. The number of ether oxygens (including phenoxy) is 1. The number of rotatable bonds is 5. The summed E-state index contributed by atoms with van der Waals surface area (Å²) in [6, 6.07) is 12.4. The molecule has 1 N–H and O–H groups in total. The lowest BCUT2D eigenvalue weighted by Gasteiger charge is -2.26. The maximum atomic E-state index is 15.1. The van der Waals surface area contributed by atoms with E-state index in [2.05, 4.69) is 0 Å². The monoisotopic (exact) mass is 541 g/mol. The van der Waals surface area contributed by atoms with Gasteiger partial charge < -0.3 is 9.84 Å². The van der Waals surface area contributed by atoms with Gasteiger partial charge in [0, 0.05) is 22.4 Å². The van der Waals surface area contributed by atoms with Crippen LogP contribution in [0.4, 0.5) is 23.2 Å². The van der Waals surface area contributed by atoms with Crippen molar-refractivity contribution >= 4 is 23.1 Å². The number of anilines is 1. The molecule has 9 heteroatoms. The largest absolute Gasteiger partial charge is 0.507 e. The minimum atomic E-state index is -4.62. The van der Waals surface area contributed by atoms with Gasteiger partial charge in [0.25, 0.3) is 11.7 Å². The molecule has 0 aromatic heterocycles. The third-order valence-electron chi connectivity index (χ3n) is 6.48. The van der Waals surface area contributed by atoms with Gasteiger partial charge in [0.15, 0.2) is 0 Å². The van der Waals surface area contributed by atoms with Crippen molar-refractivity contribution in [2.75, 3.05) is 11.5 Å². The van der Waals surface area contributed by atoms with E-state index in [1.165, 1.54) is 24.3 Å². The van der Waals surface area contributed by atoms with Crippen LogP contribution in [-0.2, 0) is 21.2 Å². The number of halogens is 4. The Morgan fingerprint density at radius 3 is 2.18 bits per heavy atom. The summed E-state index contributed by atoms with van der Waals surface area (Å²) in [7, 11) is 0. The van der Waals surface area contributed by atoms with Gasteiger partial charge in [0.05, 0.1) is 23.8 Å². The van der Waals surface area contributed by atoms with Crippen LogP contribution >= 0.6 is 0 Å². The van der Waals surface area contributed by atoms with Crippen molar-refractivity contribution in [2.45, 2.75) is 45.3 Å². The molecule has 3 aromatic rings. The second-order valence-electron chi connectivity index (χ2n) is 10.1. The molecular formula is C30H27F4NO4. The molecular weight excluding hydrogens is 514 g/mol. The summed E-state index contributed by atoms with van der Waals surface area (Å²) >= 11 is 0. The van der Waals surface area contributed by atoms with Gasteiger partial charge in [0.2, 0.25) is 0 Å². The molecule has 1 amide bonds. The third-order valence-corrected chi connectivity index (χ3v) is 6.48. The van der Waals surface area contributed by atoms with Gasteiger partial charge in [-0.25, -0.2) is 4.39 Å². The second-order valence-corrected chi connectivity index (χ2v) is 10.1. The zero-order valence-electron chi connectivity index (χ0n) is 21.8. The predicted octanol–water partition coefficient (Wildman–Crippen LogP) is 7.17. The van der Waals surface area contributed by atoms with E-state index in [-0.39, 0.29) is 22.4 Å². The molecule has 1 atom stereocenters. The van der Waals surface area contributed by atoms with E-state index in [0.717, 1.165) is 40.8 Å². The molecule has 3 aromatic carbocycles. The maximum absolute atomic E-state index is 15.1. The van der Waals surface area contributed by atoms with Crippen LogP contribution in [0.25, 0.3) is 5.76 Å². The Balaban J connectivity index is 1.94. The zero-order chi connectivity index (χ0) is 28.7. The highest BCUT2D eigenvalue weighted by molar-refractivity contribution is 6.51. The van der Waals surface area contributed by atoms with Crippen LogP contribution in [0, 0.1) is 5.82 Å². The predicted molar refractivity (Wildman–Crippen MR) is 139 cm³/mol. The number of nitrogens with zero attached hydrogens (tertiary/aromatic N) is 1. The number of ketones is 1. The number of aliphatic hydroxyl groups excluding tert-OH is 1. The Labute approximate surface area is 223 Å². The molecule has 0 saturated carbocycles. The lowest BCUT2D eigenvalue weighted by molar-refractivity contribution is -0.137. The number of benzene rings is 3. The summed E-state index contributed by atoms with van der Waals surface area (Å²) in [6.45, 7) is 8.06. The Bertz CT molecular complexity index is 1450. The van der Waals surface area contributed by atoms with Crippen molar-refractivity contribution in [3.63, 3.8) is 0 Å². The summed E-state index contributed by atoms with van der Waals surface area (Å²) in [5.41, 5.74) is -0.969. The second kappa shape index (κ2) is 10.2. The number of carbonyl (C=O) groups is 2. The van der Waals surface area contributed by atoms with Crippen LogP contribution in [0.15, 0.2) is 72.3 Å². The third kappa shape index (κ3) is 5.26. The standard InChI is InChI=1S/C30H27F4NO4/c1-5-39-23-15-10-17(16-21(23)29(2,3)4)26(36)24-25(20-8-6-7-9-22(20)31)35(28(38)27(24)37)19-13-11-18(12-14-19)30(32,33)34/h6-16,25,36H,5H2,1-4H3/b26-24+. The van der Waals surface area contributed by atoms with Crippen molar-refractivity contribution < 1.29 is 37.0 Å².